The highest BCUT2D eigenvalue weighted by Gasteiger charge is 2.17. The second-order valence-electron chi connectivity index (χ2n) is 3.01. The molecule has 0 radical (unpaired) electrons. The highest BCUT2D eigenvalue weighted by Crippen LogP contribution is 2.14. The summed E-state index contributed by atoms with van der Waals surface area (Å²) < 4.78 is 1.64. The van der Waals surface area contributed by atoms with Crippen LogP contribution in [0.5, 0.6) is 0 Å². The zero-order valence-corrected chi connectivity index (χ0v) is 8.91. The first-order chi connectivity index (χ1) is 6.25. The summed E-state index contributed by atoms with van der Waals surface area (Å²) >= 11 is 0. The van der Waals surface area contributed by atoms with Crippen LogP contribution in [0, 0.1) is 0 Å². The van der Waals surface area contributed by atoms with Crippen LogP contribution in [-0.4, -0.2) is 20.6 Å². The monoisotopic (exact) mass is 218 g/mol. The summed E-state index contributed by atoms with van der Waals surface area (Å²) in [5.74, 6) is -0.786. The van der Waals surface area contributed by atoms with Crippen molar-refractivity contribution in [3.8, 4) is 0 Å². The van der Waals surface area contributed by atoms with E-state index in [0.29, 0.717) is 6.42 Å². The molecule has 0 aliphatic heterocycles. The van der Waals surface area contributed by atoms with Crippen LogP contribution in [0.2, 0.25) is 0 Å². The number of aromatic nitrogens is 2. The number of rotatable bonds is 5. The van der Waals surface area contributed by atoms with Crippen molar-refractivity contribution in [2.75, 3.05) is 0 Å². The molecule has 1 atom stereocenters. The summed E-state index contributed by atoms with van der Waals surface area (Å²) in [6.07, 6.45) is 7.45. The standard InChI is InChI=1S/C9H14N2O2.ClH/c1-2-3-4-8(9(12)13)11-6-5-10-7-11;/h5-8H,2-4H2,1H3,(H,12,13);1H. The van der Waals surface area contributed by atoms with Crippen LogP contribution in [-0.2, 0) is 4.79 Å². The minimum atomic E-state index is -0.786. The summed E-state index contributed by atoms with van der Waals surface area (Å²) in [6, 6.07) is -0.456. The molecule has 1 N–H and O–H groups in total. The number of carbonyl (C=O) groups is 1. The molecule has 80 valence electrons. The molecule has 1 rings (SSSR count). The highest BCUT2D eigenvalue weighted by molar-refractivity contribution is 5.85. The Balaban J connectivity index is 0.00000169. The van der Waals surface area contributed by atoms with Gasteiger partial charge >= 0.3 is 5.97 Å². The molecule has 4 nitrogen and oxygen atoms in total. The van der Waals surface area contributed by atoms with Gasteiger partial charge in [-0.25, -0.2) is 9.78 Å². The maximum Gasteiger partial charge on any atom is 0.326 e. The van der Waals surface area contributed by atoms with Crippen molar-refractivity contribution < 1.29 is 9.90 Å². The number of hydrogen-bond donors (Lipinski definition) is 1. The minimum absolute atomic E-state index is 0. The summed E-state index contributed by atoms with van der Waals surface area (Å²) in [4.78, 5) is 14.7. The molecular weight excluding hydrogens is 204 g/mol. The smallest absolute Gasteiger partial charge is 0.326 e. The van der Waals surface area contributed by atoms with Crippen LogP contribution in [0.1, 0.15) is 32.2 Å². The Bertz CT molecular complexity index is 262. The lowest BCUT2D eigenvalue weighted by Gasteiger charge is -2.12. The molecule has 0 aromatic carbocycles. The highest BCUT2D eigenvalue weighted by atomic mass is 35.5. The maximum atomic E-state index is 10.9. The fraction of sp³-hybridized carbons (Fsp3) is 0.556. The number of carboxylic acids is 1. The average Bonchev–Trinajstić information content (AvgIpc) is 2.57. The number of imidazole rings is 1. The summed E-state index contributed by atoms with van der Waals surface area (Å²) in [5.41, 5.74) is 0. The van der Waals surface area contributed by atoms with Gasteiger partial charge in [0.25, 0.3) is 0 Å². The van der Waals surface area contributed by atoms with E-state index in [2.05, 4.69) is 4.98 Å². The van der Waals surface area contributed by atoms with Crippen molar-refractivity contribution in [1.82, 2.24) is 9.55 Å². The van der Waals surface area contributed by atoms with Crippen LogP contribution in [0.15, 0.2) is 18.7 Å². The van der Waals surface area contributed by atoms with Gasteiger partial charge < -0.3 is 9.67 Å². The molecule has 0 saturated heterocycles. The topological polar surface area (TPSA) is 55.1 Å². The molecule has 0 bridgehead atoms. The van der Waals surface area contributed by atoms with Crippen molar-refractivity contribution in [3.63, 3.8) is 0 Å². The molecule has 1 aromatic heterocycles. The van der Waals surface area contributed by atoms with E-state index in [9.17, 15) is 4.79 Å². The van der Waals surface area contributed by atoms with Crippen LogP contribution in [0.4, 0.5) is 0 Å². The SMILES string of the molecule is CCCCC(C(=O)O)n1ccnc1.Cl. The first kappa shape index (κ1) is 13.0. The third-order valence-corrected chi connectivity index (χ3v) is 2.00. The van der Waals surface area contributed by atoms with E-state index in [1.807, 2.05) is 6.92 Å². The zero-order valence-electron chi connectivity index (χ0n) is 8.09. The van der Waals surface area contributed by atoms with Crippen LogP contribution in [0.3, 0.4) is 0 Å². The van der Waals surface area contributed by atoms with Crippen molar-refractivity contribution in [3.05, 3.63) is 18.7 Å². The molecule has 14 heavy (non-hydrogen) atoms. The van der Waals surface area contributed by atoms with Gasteiger partial charge in [-0.2, -0.15) is 0 Å². The normalized spacial score (nSPS) is 11.8. The number of carboxylic acid groups (broad SMARTS) is 1. The van der Waals surface area contributed by atoms with Crippen LogP contribution < -0.4 is 0 Å². The number of halogens is 1. The largest absolute Gasteiger partial charge is 0.480 e. The molecule has 1 unspecified atom stereocenters. The summed E-state index contributed by atoms with van der Waals surface area (Å²) in [7, 11) is 0. The van der Waals surface area contributed by atoms with Gasteiger partial charge in [0.2, 0.25) is 0 Å². The van der Waals surface area contributed by atoms with Gasteiger partial charge in [-0.1, -0.05) is 19.8 Å². The Hall–Kier alpha value is -1.03. The van der Waals surface area contributed by atoms with Crippen LogP contribution in [0.25, 0.3) is 0 Å². The molecule has 1 aromatic rings. The van der Waals surface area contributed by atoms with E-state index < -0.39 is 12.0 Å². The summed E-state index contributed by atoms with van der Waals surface area (Å²) in [5, 5.41) is 8.92. The molecule has 5 heteroatoms. The first-order valence-corrected chi connectivity index (χ1v) is 4.46. The van der Waals surface area contributed by atoms with Gasteiger partial charge in [-0.05, 0) is 6.42 Å². The van der Waals surface area contributed by atoms with Crippen molar-refractivity contribution >= 4 is 18.4 Å². The molecule has 0 aliphatic carbocycles. The predicted octanol–water partition coefficient (Wildman–Crippen LogP) is 2.12. The van der Waals surface area contributed by atoms with Crippen molar-refractivity contribution in [1.29, 1.82) is 0 Å². The zero-order chi connectivity index (χ0) is 9.68. The quantitative estimate of drug-likeness (QED) is 0.824. The maximum absolute atomic E-state index is 10.9. The number of hydrogen-bond acceptors (Lipinski definition) is 2. The van der Waals surface area contributed by atoms with E-state index in [1.54, 1.807) is 23.3 Å². The Labute approximate surface area is 89.4 Å². The molecule has 0 amide bonds. The number of nitrogens with zero attached hydrogens (tertiary/aromatic N) is 2. The Kier molecular flexibility index (Phi) is 5.95. The fourth-order valence-electron chi connectivity index (χ4n) is 1.25. The molecular formula is C9H15ClN2O2. The molecule has 1 heterocycles. The van der Waals surface area contributed by atoms with E-state index in [4.69, 9.17) is 5.11 Å². The second-order valence-corrected chi connectivity index (χ2v) is 3.01. The second kappa shape index (κ2) is 6.43. The Morgan fingerprint density at radius 2 is 2.36 bits per heavy atom. The Morgan fingerprint density at radius 3 is 2.79 bits per heavy atom. The van der Waals surface area contributed by atoms with Crippen molar-refractivity contribution in [2.24, 2.45) is 0 Å². The fourth-order valence-corrected chi connectivity index (χ4v) is 1.25. The lowest BCUT2D eigenvalue weighted by molar-refractivity contribution is -0.141. The Morgan fingerprint density at radius 1 is 1.64 bits per heavy atom. The van der Waals surface area contributed by atoms with Gasteiger partial charge in [0.05, 0.1) is 6.33 Å². The van der Waals surface area contributed by atoms with E-state index in [1.165, 1.54) is 0 Å². The van der Waals surface area contributed by atoms with E-state index in [-0.39, 0.29) is 12.4 Å². The molecule has 0 fully saturated rings. The lowest BCUT2D eigenvalue weighted by atomic mass is 10.1. The van der Waals surface area contributed by atoms with Gasteiger partial charge in [0, 0.05) is 12.4 Å². The van der Waals surface area contributed by atoms with Gasteiger partial charge in [0.1, 0.15) is 6.04 Å². The van der Waals surface area contributed by atoms with Gasteiger partial charge in [0.15, 0.2) is 0 Å². The third kappa shape index (κ3) is 3.38. The van der Waals surface area contributed by atoms with E-state index in [0.717, 1.165) is 12.8 Å². The molecule has 0 spiro atoms. The van der Waals surface area contributed by atoms with Gasteiger partial charge in [-0.15, -0.1) is 12.4 Å². The summed E-state index contributed by atoms with van der Waals surface area (Å²) in [6.45, 7) is 2.05. The third-order valence-electron chi connectivity index (χ3n) is 2.00. The molecule has 0 aliphatic rings. The molecule has 0 saturated carbocycles. The first-order valence-electron chi connectivity index (χ1n) is 4.46. The van der Waals surface area contributed by atoms with Gasteiger partial charge in [-0.3, -0.25) is 0 Å². The minimum Gasteiger partial charge on any atom is -0.480 e. The van der Waals surface area contributed by atoms with Crippen LogP contribution >= 0.6 is 12.4 Å². The van der Waals surface area contributed by atoms with E-state index >= 15 is 0 Å². The lowest BCUT2D eigenvalue weighted by Crippen LogP contribution is -2.17. The number of aliphatic carboxylic acids is 1. The number of unbranched alkanes of at least 4 members (excludes halogenated alkanes) is 1. The predicted molar refractivity (Wildman–Crippen MR) is 55.7 cm³/mol. The van der Waals surface area contributed by atoms with Crippen molar-refractivity contribution in [2.45, 2.75) is 32.2 Å². The average molecular weight is 219 g/mol.